The van der Waals surface area contributed by atoms with Gasteiger partial charge in [0.15, 0.2) is 5.78 Å². The summed E-state index contributed by atoms with van der Waals surface area (Å²) in [6.07, 6.45) is 3.05. The van der Waals surface area contributed by atoms with E-state index in [0.29, 0.717) is 11.6 Å². The molecule has 0 radical (unpaired) electrons. The van der Waals surface area contributed by atoms with Crippen LogP contribution < -0.4 is 5.56 Å². The topological polar surface area (TPSA) is 83.1 Å². The molecule has 1 heterocycles. The summed E-state index contributed by atoms with van der Waals surface area (Å²) in [6.45, 7) is 2.40. The Labute approximate surface area is 138 Å². The number of halogens is 1. The van der Waals surface area contributed by atoms with Gasteiger partial charge in [0.05, 0.1) is 5.56 Å². The maximum Gasteiger partial charge on any atom is 0.268 e. The maximum atomic E-state index is 12.6. The first-order chi connectivity index (χ1) is 11.0. The van der Waals surface area contributed by atoms with E-state index in [2.05, 4.69) is 0 Å². The van der Waals surface area contributed by atoms with Gasteiger partial charge in [-0.25, -0.2) is 0 Å². The Morgan fingerprint density at radius 3 is 2.78 bits per heavy atom. The molecule has 1 aromatic heterocycles. The molecule has 2 aromatic rings. The molecule has 0 amide bonds. The standard InChI is InChI=1S/C17H15ClN2O3/c1-2-3-6-20-10-12(7-11(9-19)17(20)23)16(22)14-8-13(18)4-5-15(14)21/h4-5,7-8,10,21H,2-3,6H2,1H3. The summed E-state index contributed by atoms with van der Waals surface area (Å²) in [7, 11) is 0. The second-order valence-electron chi connectivity index (χ2n) is 5.10. The Bertz CT molecular complexity index is 850. The maximum absolute atomic E-state index is 12.6. The zero-order chi connectivity index (χ0) is 17.0. The Hall–Kier alpha value is -2.58. The molecular weight excluding hydrogens is 316 g/mol. The van der Waals surface area contributed by atoms with E-state index in [1.165, 1.54) is 35.0 Å². The molecule has 118 valence electrons. The smallest absolute Gasteiger partial charge is 0.268 e. The van der Waals surface area contributed by atoms with Gasteiger partial charge in [0, 0.05) is 23.3 Å². The van der Waals surface area contributed by atoms with Crippen molar-refractivity contribution in [1.29, 1.82) is 5.26 Å². The summed E-state index contributed by atoms with van der Waals surface area (Å²) < 4.78 is 1.36. The van der Waals surface area contributed by atoms with E-state index in [9.17, 15) is 14.7 Å². The van der Waals surface area contributed by atoms with Crippen molar-refractivity contribution in [2.24, 2.45) is 0 Å². The Morgan fingerprint density at radius 1 is 1.39 bits per heavy atom. The summed E-state index contributed by atoms with van der Waals surface area (Å²) >= 11 is 5.86. The highest BCUT2D eigenvalue weighted by Gasteiger charge is 2.17. The van der Waals surface area contributed by atoms with Crippen LogP contribution in [0.25, 0.3) is 0 Å². The molecule has 0 unspecified atom stereocenters. The fourth-order valence-electron chi connectivity index (χ4n) is 2.18. The van der Waals surface area contributed by atoms with Gasteiger partial charge in [-0.2, -0.15) is 5.26 Å². The van der Waals surface area contributed by atoms with Crippen LogP contribution in [-0.4, -0.2) is 15.5 Å². The van der Waals surface area contributed by atoms with Crippen LogP contribution in [0.5, 0.6) is 5.75 Å². The second-order valence-corrected chi connectivity index (χ2v) is 5.53. The van der Waals surface area contributed by atoms with Crippen LogP contribution in [0, 0.1) is 11.3 Å². The number of nitriles is 1. The van der Waals surface area contributed by atoms with E-state index in [1.54, 1.807) is 0 Å². The van der Waals surface area contributed by atoms with Crippen molar-refractivity contribution >= 4 is 17.4 Å². The second kappa shape index (κ2) is 7.12. The van der Waals surface area contributed by atoms with Gasteiger partial charge in [-0.15, -0.1) is 0 Å². The zero-order valence-corrected chi connectivity index (χ0v) is 13.3. The lowest BCUT2D eigenvalue weighted by Crippen LogP contribution is -2.24. The van der Waals surface area contributed by atoms with Crippen LogP contribution in [0.4, 0.5) is 0 Å². The van der Waals surface area contributed by atoms with E-state index in [4.69, 9.17) is 16.9 Å². The summed E-state index contributed by atoms with van der Waals surface area (Å²) in [6, 6.07) is 7.20. The van der Waals surface area contributed by atoms with Gasteiger partial charge in [0.2, 0.25) is 0 Å². The van der Waals surface area contributed by atoms with Gasteiger partial charge < -0.3 is 9.67 Å². The molecule has 0 saturated heterocycles. The number of hydrogen-bond acceptors (Lipinski definition) is 4. The molecule has 0 spiro atoms. The normalized spacial score (nSPS) is 10.3. The highest BCUT2D eigenvalue weighted by Crippen LogP contribution is 2.24. The Kier molecular flexibility index (Phi) is 5.20. The van der Waals surface area contributed by atoms with Gasteiger partial charge in [-0.1, -0.05) is 24.9 Å². The number of carbonyl (C=O) groups excluding carboxylic acids is 1. The fourth-order valence-corrected chi connectivity index (χ4v) is 2.35. The SMILES string of the molecule is CCCCn1cc(C(=O)c2cc(Cl)ccc2O)cc(C#N)c1=O. The van der Waals surface area contributed by atoms with E-state index in [1.807, 2.05) is 13.0 Å². The lowest BCUT2D eigenvalue weighted by Gasteiger charge is -2.09. The summed E-state index contributed by atoms with van der Waals surface area (Å²) in [4.78, 5) is 24.7. The first-order valence-electron chi connectivity index (χ1n) is 7.15. The van der Waals surface area contributed by atoms with Crippen molar-refractivity contribution in [1.82, 2.24) is 4.57 Å². The quantitative estimate of drug-likeness (QED) is 0.854. The van der Waals surface area contributed by atoms with E-state index < -0.39 is 11.3 Å². The summed E-state index contributed by atoms with van der Waals surface area (Å²) in [5.41, 5.74) is -0.335. The zero-order valence-electron chi connectivity index (χ0n) is 12.5. The predicted molar refractivity (Wildman–Crippen MR) is 86.9 cm³/mol. The van der Waals surface area contributed by atoms with Crippen molar-refractivity contribution < 1.29 is 9.90 Å². The van der Waals surface area contributed by atoms with Crippen LogP contribution in [0.1, 0.15) is 41.3 Å². The van der Waals surface area contributed by atoms with Gasteiger partial charge in [-0.3, -0.25) is 9.59 Å². The molecule has 5 nitrogen and oxygen atoms in total. The van der Waals surface area contributed by atoms with Crippen molar-refractivity contribution in [2.75, 3.05) is 0 Å². The number of phenols is 1. The number of unbranched alkanes of at least 4 members (excludes halogenated alkanes) is 1. The van der Waals surface area contributed by atoms with Gasteiger partial charge in [-0.05, 0) is 30.7 Å². The minimum absolute atomic E-state index is 0.0297. The third-order valence-corrected chi connectivity index (χ3v) is 3.66. The van der Waals surface area contributed by atoms with Crippen LogP contribution >= 0.6 is 11.6 Å². The van der Waals surface area contributed by atoms with Crippen molar-refractivity contribution in [3.05, 3.63) is 62.5 Å². The van der Waals surface area contributed by atoms with Crippen LogP contribution in [-0.2, 0) is 6.54 Å². The monoisotopic (exact) mass is 330 g/mol. The highest BCUT2D eigenvalue weighted by molar-refractivity contribution is 6.31. The van der Waals surface area contributed by atoms with Crippen LogP contribution in [0.3, 0.4) is 0 Å². The molecule has 0 saturated carbocycles. The minimum atomic E-state index is -0.494. The largest absolute Gasteiger partial charge is 0.507 e. The lowest BCUT2D eigenvalue weighted by atomic mass is 10.0. The molecule has 0 aliphatic heterocycles. The fraction of sp³-hybridized carbons (Fsp3) is 0.235. The average Bonchev–Trinajstić information content (AvgIpc) is 2.55. The van der Waals surface area contributed by atoms with E-state index in [0.717, 1.165) is 12.8 Å². The van der Waals surface area contributed by atoms with Crippen molar-refractivity contribution in [3.8, 4) is 11.8 Å². The Balaban J connectivity index is 2.54. The summed E-state index contributed by atoms with van der Waals surface area (Å²) in [5.74, 6) is -0.698. The predicted octanol–water partition coefficient (Wildman–Crippen LogP) is 3.11. The molecule has 2 rings (SSSR count). The van der Waals surface area contributed by atoms with Gasteiger partial charge in [0.25, 0.3) is 5.56 Å². The molecule has 0 bridgehead atoms. The number of pyridine rings is 1. The number of aryl methyl sites for hydroxylation is 1. The molecule has 0 atom stereocenters. The number of benzene rings is 1. The number of aromatic nitrogens is 1. The number of phenolic OH excluding ortho intramolecular Hbond substituents is 1. The van der Waals surface area contributed by atoms with Crippen LogP contribution in [0.2, 0.25) is 5.02 Å². The van der Waals surface area contributed by atoms with Crippen molar-refractivity contribution in [2.45, 2.75) is 26.3 Å². The highest BCUT2D eigenvalue weighted by atomic mass is 35.5. The third-order valence-electron chi connectivity index (χ3n) is 3.42. The first-order valence-corrected chi connectivity index (χ1v) is 7.53. The molecular formula is C17H15ClN2O3. The molecule has 1 aromatic carbocycles. The van der Waals surface area contributed by atoms with Gasteiger partial charge in [0.1, 0.15) is 17.4 Å². The first kappa shape index (κ1) is 16.8. The van der Waals surface area contributed by atoms with Gasteiger partial charge >= 0.3 is 0 Å². The van der Waals surface area contributed by atoms with Crippen molar-refractivity contribution in [3.63, 3.8) is 0 Å². The molecule has 0 fully saturated rings. The van der Waals surface area contributed by atoms with E-state index in [-0.39, 0.29) is 22.4 Å². The number of hydrogen-bond donors (Lipinski definition) is 1. The number of aromatic hydroxyl groups is 1. The number of nitrogens with zero attached hydrogens (tertiary/aromatic N) is 2. The number of carbonyl (C=O) groups is 1. The minimum Gasteiger partial charge on any atom is -0.507 e. The summed E-state index contributed by atoms with van der Waals surface area (Å²) in [5, 5.41) is 19.3. The third kappa shape index (κ3) is 3.61. The van der Waals surface area contributed by atoms with Crippen LogP contribution in [0.15, 0.2) is 35.3 Å². The number of rotatable bonds is 5. The van der Waals surface area contributed by atoms with E-state index >= 15 is 0 Å². The molecule has 0 aliphatic rings. The molecule has 1 N–H and O–H groups in total. The number of ketones is 1. The lowest BCUT2D eigenvalue weighted by molar-refractivity contribution is 0.103. The molecule has 23 heavy (non-hydrogen) atoms. The Morgan fingerprint density at radius 2 is 2.13 bits per heavy atom. The molecule has 0 aliphatic carbocycles. The average molecular weight is 331 g/mol. The molecule has 6 heteroatoms.